The first-order valence-corrected chi connectivity index (χ1v) is 9.33. The van der Waals surface area contributed by atoms with E-state index in [1.54, 1.807) is 11.3 Å². The predicted octanol–water partition coefficient (Wildman–Crippen LogP) is 1.81. The molecule has 0 saturated carbocycles. The van der Waals surface area contributed by atoms with Gasteiger partial charge in [0.05, 0.1) is 6.61 Å². The summed E-state index contributed by atoms with van der Waals surface area (Å²) in [4.78, 5) is 4.84. The average Bonchev–Trinajstić information content (AvgIpc) is 3.29. The number of aromatic nitrogens is 2. The van der Waals surface area contributed by atoms with Gasteiger partial charge in [0.1, 0.15) is 10.8 Å². The lowest BCUT2D eigenvalue weighted by Crippen LogP contribution is -2.47. The normalized spacial score (nSPS) is 19.2. The first-order chi connectivity index (χ1) is 11.7. The highest BCUT2D eigenvalue weighted by Crippen LogP contribution is 2.31. The number of benzene rings is 1. The zero-order chi connectivity index (χ0) is 16.5. The fourth-order valence-corrected chi connectivity index (χ4v) is 4.18. The summed E-state index contributed by atoms with van der Waals surface area (Å²) in [5, 5.41) is 10.3. The minimum Gasteiger partial charge on any atom is -0.493 e. The van der Waals surface area contributed by atoms with Crippen molar-refractivity contribution in [2.75, 3.05) is 37.7 Å². The van der Waals surface area contributed by atoms with Crippen molar-refractivity contribution in [1.82, 2.24) is 15.1 Å². The molecule has 0 aliphatic carbocycles. The van der Waals surface area contributed by atoms with Crippen molar-refractivity contribution in [3.8, 4) is 5.75 Å². The van der Waals surface area contributed by atoms with E-state index in [-0.39, 0.29) is 0 Å². The van der Waals surface area contributed by atoms with Gasteiger partial charge in [0.15, 0.2) is 0 Å². The van der Waals surface area contributed by atoms with Crippen LogP contribution in [0.5, 0.6) is 5.75 Å². The number of anilines is 1. The summed E-state index contributed by atoms with van der Waals surface area (Å²) in [5.41, 5.74) is 8.30. The van der Waals surface area contributed by atoms with Gasteiger partial charge in [-0.15, -0.1) is 10.2 Å². The Kier molecular flexibility index (Phi) is 4.39. The second kappa shape index (κ2) is 6.66. The first-order valence-electron chi connectivity index (χ1n) is 8.51. The van der Waals surface area contributed by atoms with Gasteiger partial charge in [-0.3, -0.25) is 4.90 Å². The molecule has 1 unspecified atom stereocenters. The Balaban J connectivity index is 1.40. The Hall–Kier alpha value is -1.70. The van der Waals surface area contributed by atoms with Crippen LogP contribution in [0.15, 0.2) is 18.2 Å². The maximum Gasteiger partial charge on any atom is 0.208 e. The molecule has 1 fully saturated rings. The van der Waals surface area contributed by atoms with E-state index < -0.39 is 0 Å². The zero-order valence-electron chi connectivity index (χ0n) is 13.9. The van der Waals surface area contributed by atoms with E-state index in [0.29, 0.717) is 12.6 Å². The molecule has 1 aromatic heterocycles. The van der Waals surface area contributed by atoms with E-state index in [9.17, 15) is 0 Å². The van der Waals surface area contributed by atoms with Crippen molar-refractivity contribution >= 4 is 16.5 Å². The molecule has 1 atom stereocenters. The van der Waals surface area contributed by atoms with Crippen LogP contribution in [-0.2, 0) is 13.0 Å². The summed E-state index contributed by atoms with van der Waals surface area (Å²) in [6, 6.07) is 7.09. The van der Waals surface area contributed by atoms with Gasteiger partial charge >= 0.3 is 0 Å². The fraction of sp³-hybridized carbons (Fsp3) is 0.529. The van der Waals surface area contributed by atoms with Crippen LogP contribution in [0.3, 0.4) is 0 Å². The van der Waals surface area contributed by atoms with Gasteiger partial charge in [0, 0.05) is 45.2 Å². The Morgan fingerprint density at radius 2 is 2.08 bits per heavy atom. The summed E-state index contributed by atoms with van der Waals surface area (Å²) < 4.78 is 5.71. The SMILES string of the molecule is CC(c1ccc2c(c1)OCC2)N1CCN(c2nnc(CN)s2)CC1. The highest BCUT2D eigenvalue weighted by atomic mass is 32.1. The molecule has 0 amide bonds. The number of ether oxygens (including phenoxy) is 1. The molecule has 1 aromatic carbocycles. The Bertz CT molecular complexity index is 711. The monoisotopic (exact) mass is 345 g/mol. The number of piperazine rings is 1. The number of hydrogen-bond donors (Lipinski definition) is 1. The molecule has 2 aliphatic heterocycles. The van der Waals surface area contributed by atoms with Crippen LogP contribution >= 0.6 is 11.3 Å². The van der Waals surface area contributed by atoms with Crippen molar-refractivity contribution in [3.63, 3.8) is 0 Å². The topological polar surface area (TPSA) is 67.5 Å². The van der Waals surface area contributed by atoms with Gasteiger partial charge in [-0.05, 0) is 24.1 Å². The van der Waals surface area contributed by atoms with E-state index in [1.165, 1.54) is 11.1 Å². The Morgan fingerprint density at radius 3 is 2.83 bits per heavy atom. The minimum atomic E-state index is 0.399. The van der Waals surface area contributed by atoms with E-state index in [4.69, 9.17) is 10.5 Å². The summed E-state index contributed by atoms with van der Waals surface area (Å²) in [6.07, 6.45) is 1.04. The third-order valence-corrected chi connectivity index (χ3v) is 5.97. The predicted molar refractivity (Wildman–Crippen MR) is 95.6 cm³/mol. The standard InChI is InChI=1S/C17H23N5OS/c1-12(14-3-2-13-4-9-23-15(13)10-14)21-5-7-22(8-6-21)17-20-19-16(11-18)24-17/h2-3,10,12H,4-9,11,18H2,1H3. The first kappa shape index (κ1) is 15.8. The Morgan fingerprint density at radius 1 is 1.25 bits per heavy atom. The largest absolute Gasteiger partial charge is 0.493 e. The van der Waals surface area contributed by atoms with Gasteiger partial charge in [0.2, 0.25) is 5.13 Å². The molecule has 2 N–H and O–H groups in total. The van der Waals surface area contributed by atoms with Crippen LogP contribution in [0, 0.1) is 0 Å². The van der Waals surface area contributed by atoms with Crippen LogP contribution in [0.1, 0.15) is 29.1 Å². The van der Waals surface area contributed by atoms with Crippen LogP contribution in [0.25, 0.3) is 0 Å². The second-order valence-corrected chi connectivity index (χ2v) is 7.39. The van der Waals surface area contributed by atoms with Gasteiger partial charge in [-0.2, -0.15) is 0 Å². The van der Waals surface area contributed by atoms with Crippen molar-refractivity contribution in [3.05, 3.63) is 34.3 Å². The lowest BCUT2D eigenvalue weighted by atomic mass is 10.0. The smallest absolute Gasteiger partial charge is 0.208 e. The number of nitrogens with two attached hydrogens (primary N) is 1. The number of hydrogen-bond acceptors (Lipinski definition) is 7. The van der Waals surface area contributed by atoms with Crippen LogP contribution in [0.4, 0.5) is 5.13 Å². The molecule has 2 aliphatic rings. The van der Waals surface area contributed by atoms with Crippen molar-refractivity contribution in [2.24, 2.45) is 5.73 Å². The lowest BCUT2D eigenvalue weighted by Gasteiger charge is -2.38. The molecule has 4 rings (SSSR count). The molecule has 1 saturated heterocycles. The molecule has 0 radical (unpaired) electrons. The maximum atomic E-state index is 5.71. The van der Waals surface area contributed by atoms with Crippen molar-refractivity contribution < 1.29 is 4.74 Å². The summed E-state index contributed by atoms with van der Waals surface area (Å²) in [7, 11) is 0. The molecular weight excluding hydrogens is 322 g/mol. The molecular formula is C17H23N5OS. The third kappa shape index (κ3) is 2.99. The van der Waals surface area contributed by atoms with Gasteiger partial charge in [-0.25, -0.2) is 0 Å². The fourth-order valence-electron chi connectivity index (χ4n) is 3.41. The molecule has 128 valence electrons. The molecule has 0 bridgehead atoms. The van der Waals surface area contributed by atoms with E-state index in [1.807, 2.05) is 0 Å². The van der Waals surface area contributed by atoms with E-state index in [2.05, 4.69) is 45.1 Å². The zero-order valence-corrected chi connectivity index (χ0v) is 14.8. The van der Waals surface area contributed by atoms with E-state index >= 15 is 0 Å². The van der Waals surface area contributed by atoms with E-state index in [0.717, 1.165) is 55.1 Å². The highest BCUT2D eigenvalue weighted by molar-refractivity contribution is 7.15. The summed E-state index contributed by atoms with van der Waals surface area (Å²) in [5.74, 6) is 1.07. The van der Waals surface area contributed by atoms with Gasteiger partial charge < -0.3 is 15.4 Å². The molecule has 7 heteroatoms. The van der Waals surface area contributed by atoms with Crippen LogP contribution in [-0.4, -0.2) is 47.9 Å². The molecule has 3 heterocycles. The third-order valence-electron chi connectivity index (χ3n) is 4.97. The summed E-state index contributed by atoms with van der Waals surface area (Å²) >= 11 is 1.60. The molecule has 6 nitrogen and oxygen atoms in total. The highest BCUT2D eigenvalue weighted by Gasteiger charge is 2.25. The number of fused-ring (bicyclic) bond motifs is 1. The van der Waals surface area contributed by atoms with Gasteiger partial charge in [0.25, 0.3) is 0 Å². The Labute approximate surface area is 146 Å². The number of rotatable bonds is 4. The maximum absolute atomic E-state index is 5.71. The van der Waals surface area contributed by atoms with Crippen LogP contribution < -0.4 is 15.4 Å². The molecule has 2 aromatic rings. The van der Waals surface area contributed by atoms with Crippen molar-refractivity contribution in [2.45, 2.75) is 25.9 Å². The average molecular weight is 345 g/mol. The van der Waals surface area contributed by atoms with Crippen molar-refractivity contribution in [1.29, 1.82) is 0 Å². The molecule has 24 heavy (non-hydrogen) atoms. The second-order valence-electron chi connectivity index (χ2n) is 6.35. The lowest BCUT2D eigenvalue weighted by molar-refractivity contribution is 0.198. The molecule has 0 spiro atoms. The minimum absolute atomic E-state index is 0.399. The summed E-state index contributed by atoms with van der Waals surface area (Å²) in [6.45, 7) is 7.57. The number of nitrogens with zero attached hydrogens (tertiary/aromatic N) is 4. The van der Waals surface area contributed by atoms with Crippen LogP contribution in [0.2, 0.25) is 0 Å². The van der Waals surface area contributed by atoms with Gasteiger partial charge in [-0.1, -0.05) is 23.5 Å². The quantitative estimate of drug-likeness (QED) is 0.912.